The van der Waals surface area contributed by atoms with Gasteiger partial charge in [0.05, 0.1) is 28.0 Å². The van der Waals surface area contributed by atoms with E-state index in [-0.39, 0.29) is 11.9 Å². The van der Waals surface area contributed by atoms with Gasteiger partial charge in [-0.3, -0.25) is 4.79 Å². The van der Waals surface area contributed by atoms with Gasteiger partial charge in [0.25, 0.3) is 5.91 Å². The second-order valence-electron chi connectivity index (χ2n) is 7.88. The first kappa shape index (κ1) is 22.1. The van der Waals surface area contributed by atoms with E-state index in [1.165, 1.54) is 0 Å². The molecule has 0 fully saturated rings. The first-order chi connectivity index (χ1) is 16.6. The van der Waals surface area contributed by atoms with Gasteiger partial charge in [0, 0.05) is 11.8 Å². The number of hydrogen-bond acceptors (Lipinski definition) is 3. The van der Waals surface area contributed by atoms with Gasteiger partial charge in [-0.15, -0.1) is 0 Å². The first-order valence-corrected chi connectivity index (χ1v) is 11.5. The lowest BCUT2D eigenvalue weighted by Gasteiger charge is -2.19. The van der Waals surface area contributed by atoms with Crippen LogP contribution in [0.2, 0.25) is 10.0 Å². The molecule has 0 aliphatic rings. The van der Waals surface area contributed by atoms with Crippen molar-refractivity contribution >= 4 is 34.8 Å². The monoisotopic (exact) mass is 486 g/mol. The zero-order chi connectivity index (χ0) is 23.5. The number of aromatic nitrogens is 3. The molecule has 5 rings (SSSR count). The summed E-state index contributed by atoms with van der Waals surface area (Å²) in [6.45, 7) is 0. The predicted molar refractivity (Wildman–Crippen MR) is 135 cm³/mol. The topological polar surface area (TPSA) is 59.3 Å². The minimum Gasteiger partial charge on any atom is -0.345 e. The zero-order valence-corrected chi connectivity index (χ0v) is 19.5. The number of rotatable bonds is 6. The molecule has 5 aromatic rings. The van der Waals surface area contributed by atoms with Crippen molar-refractivity contribution in [1.29, 1.82) is 0 Å². The van der Waals surface area contributed by atoms with Crippen LogP contribution in [0.4, 0.5) is 0 Å². The van der Waals surface area contributed by atoms with E-state index in [4.69, 9.17) is 23.2 Å². The molecule has 3 aromatic carbocycles. The Morgan fingerprint density at radius 2 is 1.65 bits per heavy atom. The highest BCUT2D eigenvalue weighted by Crippen LogP contribution is 2.29. The summed E-state index contributed by atoms with van der Waals surface area (Å²) in [7, 11) is 0. The molecule has 2 aromatic heterocycles. The molecule has 1 unspecified atom stereocenters. The van der Waals surface area contributed by atoms with Crippen molar-refractivity contribution < 1.29 is 4.79 Å². The molecule has 1 N–H and O–H groups in total. The van der Waals surface area contributed by atoms with Gasteiger partial charge in [-0.25, -0.2) is 9.50 Å². The molecule has 34 heavy (non-hydrogen) atoms. The van der Waals surface area contributed by atoms with Gasteiger partial charge in [-0.05, 0) is 35.7 Å². The Hall–Kier alpha value is -3.67. The van der Waals surface area contributed by atoms with Crippen LogP contribution in [-0.2, 0) is 6.42 Å². The summed E-state index contributed by atoms with van der Waals surface area (Å²) in [6, 6.07) is 27.0. The second kappa shape index (κ2) is 9.67. The van der Waals surface area contributed by atoms with Crippen LogP contribution in [0.5, 0.6) is 0 Å². The number of benzene rings is 3. The normalized spacial score (nSPS) is 11.9. The highest BCUT2D eigenvalue weighted by atomic mass is 35.5. The summed E-state index contributed by atoms with van der Waals surface area (Å²) in [5.41, 5.74) is 4.61. The number of halogens is 2. The largest absolute Gasteiger partial charge is 0.345 e. The van der Waals surface area contributed by atoms with Crippen LogP contribution in [0.1, 0.15) is 27.5 Å². The van der Waals surface area contributed by atoms with Crippen molar-refractivity contribution in [2.75, 3.05) is 0 Å². The van der Waals surface area contributed by atoms with Crippen molar-refractivity contribution in [2.45, 2.75) is 12.5 Å². The molecule has 0 radical (unpaired) electrons. The van der Waals surface area contributed by atoms with Crippen LogP contribution >= 0.6 is 23.2 Å². The van der Waals surface area contributed by atoms with Crippen LogP contribution < -0.4 is 5.32 Å². The number of carbonyl (C=O) groups is 1. The van der Waals surface area contributed by atoms with Crippen molar-refractivity contribution in [2.24, 2.45) is 0 Å². The molecule has 7 heteroatoms. The standard InChI is InChI=1S/C27H20Cl2N4O/c28-22-12-11-20(16-23(22)29)25-13-14-30-26-21(17-31-33(25)26)27(34)32-24(19-9-5-2-6-10-19)15-18-7-3-1-4-8-18/h1-14,16-17,24H,15H2,(H,32,34). The van der Waals surface area contributed by atoms with Gasteiger partial charge in [-0.1, -0.05) is 89.9 Å². The third-order valence-electron chi connectivity index (χ3n) is 5.65. The van der Waals surface area contributed by atoms with E-state index < -0.39 is 0 Å². The Balaban J connectivity index is 1.48. The van der Waals surface area contributed by atoms with Crippen molar-refractivity contribution in [3.05, 3.63) is 124 Å². The maximum atomic E-state index is 13.4. The second-order valence-corrected chi connectivity index (χ2v) is 8.69. The Bertz CT molecular complexity index is 1450. The number of amides is 1. The summed E-state index contributed by atoms with van der Waals surface area (Å²) in [6.07, 6.45) is 3.87. The van der Waals surface area contributed by atoms with Crippen molar-refractivity contribution in [3.63, 3.8) is 0 Å². The Labute approximate surface area is 207 Å². The molecule has 5 nitrogen and oxygen atoms in total. The summed E-state index contributed by atoms with van der Waals surface area (Å²) in [4.78, 5) is 17.8. The molecule has 0 saturated heterocycles. The molecule has 0 aliphatic carbocycles. The fourth-order valence-electron chi connectivity index (χ4n) is 3.95. The maximum Gasteiger partial charge on any atom is 0.257 e. The molecule has 2 heterocycles. The lowest BCUT2D eigenvalue weighted by molar-refractivity contribution is 0.0938. The zero-order valence-electron chi connectivity index (χ0n) is 18.0. The SMILES string of the molecule is O=C(NC(Cc1ccccc1)c1ccccc1)c1cnn2c(-c3ccc(Cl)c(Cl)c3)ccnc12. The first-order valence-electron chi connectivity index (χ1n) is 10.8. The predicted octanol–water partition coefficient (Wildman–Crippen LogP) is 6.42. The molecule has 1 amide bonds. The van der Waals surface area contributed by atoms with Crippen LogP contribution in [0.3, 0.4) is 0 Å². The Morgan fingerprint density at radius 3 is 2.38 bits per heavy atom. The van der Waals surface area contributed by atoms with E-state index in [2.05, 4.69) is 27.5 Å². The van der Waals surface area contributed by atoms with Gasteiger partial charge >= 0.3 is 0 Å². The molecular formula is C27H20Cl2N4O. The molecule has 0 bridgehead atoms. The fourth-order valence-corrected chi connectivity index (χ4v) is 4.25. The Kier molecular flexibility index (Phi) is 6.30. The van der Waals surface area contributed by atoms with E-state index in [1.54, 1.807) is 29.0 Å². The number of nitrogens with zero attached hydrogens (tertiary/aromatic N) is 3. The summed E-state index contributed by atoms with van der Waals surface area (Å²) in [5, 5.41) is 8.55. The third-order valence-corrected chi connectivity index (χ3v) is 6.39. The molecule has 168 valence electrons. The number of carbonyl (C=O) groups excluding carboxylic acids is 1. The lowest BCUT2D eigenvalue weighted by atomic mass is 9.98. The molecule has 1 atom stereocenters. The smallest absolute Gasteiger partial charge is 0.257 e. The Morgan fingerprint density at radius 1 is 0.912 bits per heavy atom. The quantitative estimate of drug-likeness (QED) is 0.301. The van der Waals surface area contributed by atoms with Crippen LogP contribution in [-0.4, -0.2) is 20.5 Å². The van der Waals surface area contributed by atoms with E-state index >= 15 is 0 Å². The number of hydrogen-bond donors (Lipinski definition) is 1. The minimum absolute atomic E-state index is 0.204. The van der Waals surface area contributed by atoms with Gasteiger partial charge in [0.1, 0.15) is 5.56 Å². The average molecular weight is 487 g/mol. The van der Waals surface area contributed by atoms with Crippen molar-refractivity contribution in [1.82, 2.24) is 19.9 Å². The minimum atomic E-state index is -0.237. The van der Waals surface area contributed by atoms with Crippen molar-refractivity contribution in [3.8, 4) is 11.3 Å². The van der Waals surface area contributed by atoms with E-state index in [0.717, 1.165) is 22.4 Å². The van der Waals surface area contributed by atoms with E-state index in [9.17, 15) is 4.79 Å². The number of nitrogens with one attached hydrogen (secondary N) is 1. The molecular weight excluding hydrogens is 467 g/mol. The fraction of sp³-hybridized carbons (Fsp3) is 0.0741. The maximum absolute atomic E-state index is 13.4. The summed E-state index contributed by atoms with van der Waals surface area (Å²) >= 11 is 12.3. The van der Waals surface area contributed by atoms with Gasteiger partial charge in [-0.2, -0.15) is 5.10 Å². The lowest BCUT2D eigenvalue weighted by Crippen LogP contribution is -2.30. The highest BCUT2D eigenvalue weighted by Gasteiger charge is 2.21. The summed E-state index contributed by atoms with van der Waals surface area (Å²) in [5.74, 6) is -0.237. The number of fused-ring (bicyclic) bond motifs is 1. The third kappa shape index (κ3) is 4.53. The molecule has 0 aliphatic heterocycles. The van der Waals surface area contributed by atoms with Crippen LogP contribution in [0.25, 0.3) is 16.9 Å². The van der Waals surface area contributed by atoms with Crippen LogP contribution in [0, 0.1) is 0 Å². The van der Waals surface area contributed by atoms with E-state index in [0.29, 0.717) is 27.7 Å². The van der Waals surface area contributed by atoms with Gasteiger partial charge < -0.3 is 5.32 Å². The van der Waals surface area contributed by atoms with Gasteiger partial charge in [0.2, 0.25) is 0 Å². The van der Waals surface area contributed by atoms with Crippen LogP contribution in [0.15, 0.2) is 97.3 Å². The molecule has 0 saturated carbocycles. The van der Waals surface area contributed by atoms with Gasteiger partial charge in [0.15, 0.2) is 5.65 Å². The average Bonchev–Trinajstić information content (AvgIpc) is 3.31. The summed E-state index contributed by atoms with van der Waals surface area (Å²) < 4.78 is 1.64. The molecule has 0 spiro atoms. The highest BCUT2D eigenvalue weighted by molar-refractivity contribution is 6.42. The van der Waals surface area contributed by atoms with E-state index in [1.807, 2.05) is 60.7 Å².